The Bertz CT molecular complexity index is 1710. The van der Waals surface area contributed by atoms with Crippen molar-refractivity contribution < 1.29 is 18.3 Å². The predicted octanol–water partition coefficient (Wildman–Crippen LogP) is 3.22. The number of rotatable bonds is 6. The van der Waals surface area contributed by atoms with Crippen LogP contribution in [0.5, 0.6) is 17.2 Å². The van der Waals surface area contributed by atoms with E-state index in [2.05, 4.69) is 19.9 Å². The summed E-state index contributed by atoms with van der Waals surface area (Å²) >= 11 is 18.7. The van der Waals surface area contributed by atoms with Crippen molar-refractivity contribution in [2.75, 3.05) is 4.72 Å². The molecule has 188 valence electrons. The van der Waals surface area contributed by atoms with Crippen molar-refractivity contribution in [1.82, 2.24) is 24.5 Å². The first-order valence-corrected chi connectivity index (χ1v) is 12.4. The topological polar surface area (TPSA) is 161 Å². The Balaban J connectivity index is 1.66. The lowest BCUT2D eigenvalue weighted by molar-refractivity contribution is 0.466. The predicted molar refractivity (Wildman–Crippen MR) is 132 cm³/mol. The van der Waals surface area contributed by atoms with Gasteiger partial charge in [0.1, 0.15) is 27.7 Å². The summed E-state index contributed by atoms with van der Waals surface area (Å²) in [4.78, 5) is 25.1. The SMILES string of the molecule is Cc1nn(C)c(Cl)c1S(=O)(=O)Nc1cc(Oc2c(Cl)cc(-n3ncc(=O)[nH]c3=O)cc2Cl)ccc1O. The van der Waals surface area contributed by atoms with E-state index >= 15 is 0 Å². The molecule has 2 heterocycles. The summed E-state index contributed by atoms with van der Waals surface area (Å²) < 4.78 is 35.9. The number of benzene rings is 2. The van der Waals surface area contributed by atoms with Crippen molar-refractivity contribution in [2.45, 2.75) is 11.8 Å². The molecule has 4 rings (SSSR count). The third-order valence-electron chi connectivity index (χ3n) is 4.74. The van der Waals surface area contributed by atoms with Crippen LogP contribution >= 0.6 is 34.8 Å². The Morgan fingerprint density at radius 1 is 1.11 bits per heavy atom. The molecule has 0 spiro atoms. The number of hydrogen-bond acceptors (Lipinski definition) is 8. The van der Waals surface area contributed by atoms with Gasteiger partial charge in [0.05, 0.1) is 27.1 Å². The minimum atomic E-state index is -4.22. The summed E-state index contributed by atoms with van der Waals surface area (Å²) in [5.41, 5.74) is -1.37. The van der Waals surface area contributed by atoms with Crippen LogP contribution in [0.3, 0.4) is 0 Å². The van der Waals surface area contributed by atoms with Crippen molar-refractivity contribution in [1.29, 1.82) is 0 Å². The smallest absolute Gasteiger partial charge is 0.349 e. The molecule has 0 unspecified atom stereocenters. The number of sulfonamides is 1. The first-order chi connectivity index (χ1) is 16.9. The summed E-state index contributed by atoms with van der Waals surface area (Å²) in [6.45, 7) is 1.48. The summed E-state index contributed by atoms with van der Waals surface area (Å²) in [7, 11) is -2.73. The number of nitrogens with zero attached hydrogens (tertiary/aromatic N) is 4. The van der Waals surface area contributed by atoms with Crippen LogP contribution in [0, 0.1) is 6.92 Å². The molecule has 0 radical (unpaired) electrons. The highest BCUT2D eigenvalue weighted by Gasteiger charge is 2.26. The molecule has 16 heteroatoms. The number of anilines is 1. The van der Waals surface area contributed by atoms with Gasteiger partial charge in [-0.1, -0.05) is 34.8 Å². The van der Waals surface area contributed by atoms with Gasteiger partial charge in [-0.15, -0.1) is 0 Å². The second-order valence-electron chi connectivity index (χ2n) is 7.30. The van der Waals surface area contributed by atoms with E-state index in [1.807, 2.05) is 0 Å². The van der Waals surface area contributed by atoms with Crippen LogP contribution in [-0.2, 0) is 17.1 Å². The first kappa shape index (κ1) is 25.6. The van der Waals surface area contributed by atoms with Crippen molar-refractivity contribution in [2.24, 2.45) is 7.05 Å². The van der Waals surface area contributed by atoms with E-state index in [4.69, 9.17) is 39.5 Å². The van der Waals surface area contributed by atoms with Gasteiger partial charge in [0.2, 0.25) is 0 Å². The molecule has 0 aliphatic heterocycles. The monoisotopic (exact) mass is 572 g/mol. The second kappa shape index (κ2) is 9.50. The van der Waals surface area contributed by atoms with Crippen LogP contribution in [0.1, 0.15) is 5.69 Å². The Morgan fingerprint density at radius 2 is 1.78 bits per heavy atom. The van der Waals surface area contributed by atoms with E-state index in [1.165, 1.54) is 49.0 Å². The maximum atomic E-state index is 12.9. The number of phenolic OH excluding ortho intramolecular Hbond substituents is 1. The number of aromatic hydroxyl groups is 1. The number of phenols is 1. The summed E-state index contributed by atoms with van der Waals surface area (Å²) in [5, 5.41) is 17.8. The van der Waals surface area contributed by atoms with Gasteiger partial charge < -0.3 is 9.84 Å². The van der Waals surface area contributed by atoms with Crippen LogP contribution < -0.4 is 20.7 Å². The van der Waals surface area contributed by atoms with E-state index in [1.54, 1.807) is 0 Å². The molecular weight excluding hydrogens is 559 g/mol. The molecule has 0 saturated heterocycles. The van der Waals surface area contributed by atoms with E-state index in [0.717, 1.165) is 10.9 Å². The third kappa shape index (κ3) is 4.91. The molecule has 2 aromatic heterocycles. The lowest BCUT2D eigenvalue weighted by Crippen LogP contribution is -2.30. The van der Waals surface area contributed by atoms with Crippen LogP contribution in [0.4, 0.5) is 5.69 Å². The van der Waals surface area contributed by atoms with Crippen molar-refractivity contribution in [3.05, 3.63) is 78.3 Å². The number of nitrogens with one attached hydrogen (secondary N) is 2. The van der Waals surface area contributed by atoms with Gasteiger partial charge >= 0.3 is 5.69 Å². The zero-order valence-corrected chi connectivity index (χ0v) is 21.4. The highest BCUT2D eigenvalue weighted by molar-refractivity contribution is 7.92. The van der Waals surface area contributed by atoms with Crippen LogP contribution in [-0.4, -0.2) is 38.1 Å². The molecule has 0 bridgehead atoms. The number of H-pyrrole nitrogens is 1. The van der Waals surface area contributed by atoms with Gasteiger partial charge in [-0.3, -0.25) is 19.2 Å². The maximum Gasteiger partial charge on any atom is 0.349 e. The average molecular weight is 574 g/mol. The molecule has 36 heavy (non-hydrogen) atoms. The Kier molecular flexibility index (Phi) is 6.75. The summed E-state index contributed by atoms with van der Waals surface area (Å²) in [6, 6.07) is 6.41. The Labute approximate surface area is 217 Å². The van der Waals surface area contributed by atoms with Crippen LogP contribution in [0.25, 0.3) is 5.69 Å². The number of halogens is 3. The second-order valence-corrected chi connectivity index (χ2v) is 10.1. The highest BCUT2D eigenvalue weighted by Crippen LogP contribution is 2.40. The highest BCUT2D eigenvalue weighted by atomic mass is 35.5. The molecule has 0 atom stereocenters. The van der Waals surface area contributed by atoms with Gasteiger partial charge in [0.25, 0.3) is 15.6 Å². The molecule has 3 N–H and O–H groups in total. The molecule has 0 aliphatic carbocycles. The van der Waals surface area contributed by atoms with E-state index in [-0.39, 0.29) is 54.4 Å². The lowest BCUT2D eigenvalue weighted by Gasteiger charge is -2.14. The fraction of sp³-hybridized carbons (Fsp3) is 0.100. The number of ether oxygens (including phenoxy) is 1. The minimum absolute atomic E-state index is 0.0228. The van der Waals surface area contributed by atoms with Gasteiger partial charge in [0, 0.05) is 13.1 Å². The van der Waals surface area contributed by atoms with Gasteiger partial charge in [-0.2, -0.15) is 14.9 Å². The first-order valence-electron chi connectivity index (χ1n) is 9.78. The Hall–Kier alpha value is -3.52. The Morgan fingerprint density at radius 3 is 2.36 bits per heavy atom. The maximum absolute atomic E-state index is 12.9. The van der Waals surface area contributed by atoms with Crippen molar-refractivity contribution >= 4 is 50.5 Å². The molecule has 12 nitrogen and oxygen atoms in total. The van der Waals surface area contributed by atoms with E-state index in [9.17, 15) is 23.1 Å². The van der Waals surface area contributed by atoms with Crippen molar-refractivity contribution in [3.8, 4) is 22.9 Å². The van der Waals surface area contributed by atoms with Crippen LogP contribution in [0.2, 0.25) is 15.2 Å². The normalized spacial score (nSPS) is 11.5. The number of aromatic amines is 1. The molecule has 0 fully saturated rings. The van der Waals surface area contributed by atoms with Crippen molar-refractivity contribution in [3.63, 3.8) is 0 Å². The molecular formula is C20H15Cl3N6O6S. The minimum Gasteiger partial charge on any atom is -0.506 e. The fourth-order valence-corrected chi connectivity index (χ4v) is 5.56. The van der Waals surface area contributed by atoms with Gasteiger partial charge in [-0.25, -0.2) is 13.2 Å². The lowest BCUT2D eigenvalue weighted by atomic mass is 10.2. The average Bonchev–Trinajstić information content (AvgIpc) is 3.04. The molecule has 0 saturated carbocycles. The molecule has 4 aromatic rings. The zero-order valence-electron chi connectivity index (χ0n) is 18.3. The molecule has 2 aromatic carbocycles. The van der Waals surface area contributed by atoms with Gasteiger partial charge in [-0.05, 0) is 31.2 Å². The van der Waals surface area contributed by atoms with E-state index < -0.39 is 21.3 Å². The third-order valence-corrected chi connectivity index (χ3v) is 7.36. The van der Waals surface area contributed by atoms with Crippen LogP contribution in [0.15, 0.2) is 51.0 Å². The molecule has 0 amide bonds. The number of aromatic nitrogens is 5. The standard InChI is InChI=1S/C20H15Cl3N6O6S/c1-9-18(19(23)28(2)26-9)36(33,34)27-14-7-11(3-4-15(14)30)35-17-12(21)5-10(6-13(17)22)29-20(32)25-16(31)8-24-29/h3-8,27,30H,1-2H3,(H,25,31,32). The molecule has 0 aliphatic rings. The van der Waals surface area contributed by atoms with E-state index in [0.29, 0.717) is 0 Å². The van der Waals surface area contributed by atoms with Gasteiger partial charge in [0.15, 0.2) is 5.75 Å². The number of aryl methyl sites for hydroxylation is 2. The summed E-state index contributed by atoms with van der Waals surface area (Å²) in [5.74, 6) is -0.347. The summed E-state index contributed by atoms with van der Waals surface area (Å²) in [6.07, 6.45) is 0.910. The largest absolute Gasteiger partial charge is 0.506 e. The number of hydrogen-bond donors (Lipinski definition) is 3. The fourth-order valence-electron chi connectivity index (χ4n) is 3.19. The zero-order chi connectivity index (χ0) is 26.4. The quantitative estimate of drug-likeness (QED) is 0.296.